The molecule has 0 spiro atoms. The number of aromatic nitrogens is 4. The number of aliphatic hydroxyl groups excluding tert-OH is 1. The summed E-state index contributed by atoms with van der Waals surface area (Å²) in [6, 6.07) is 17.2. The summed E-state index contributed by atoms with van der Waals surface area (Å²) in [7, 11) is 0. The second kappa shape index (κ2) is 20.8. The molecular weight excluding hydrogens is 893 g/mol. The Morgan fingerprint density at radius 3 is 1.90 bits per heavy atom. The fraction of sp³-hybridized carbons (Fsp3) is 0.429. The van der Waals surface area contributed by atoms with Crippen molar-refractivity contribution in [2.75, 3.05) is 13.1 Å². The van der Waals surface area contributed by atoms with Gasteiger partial charge in [-0.15, -0.1) is 22.7 Å². The van der Waals surface area contributed by atoms with Gasteiger partial charge in [0.2, 0.25) is 23.6 Å². The molecule has 3 N–H and O–H groups in total. The van der Waals surface area contributed by atoms with Crippen LogP contribution in [-0.4, -0.2) is 96.2 Å². The molecule has 67 heavy (non-hydrogen) atoms. The summed E-state index contributed by atoms with van der Waals surface area (Å²) >= 11 is 3.10. The average Bonchev–Trinajstić information content (AvgIpc) is 4.17. The molecule has 18 heteroatoms. The van der Waals surface area contributed by atoms with E-state index < -0.39 is 36.1 Å². The largest absolute Gasteiger partial charge is 0.391 e. The SMILES string of the molecule is Cc1cc([C@H](C(=O)N2C[C@H](OCc3cc([C@H](C(=O)N4C[C@H](O)C[C@H]4C(=O)NCc4ccc(-c5cncs5)cc4)C(C)C)on3)C[C@H]2C(=O)N[C@@H](C)c2ccc(-c3cncs3)cc2)C(C)C)on1. The summed E-state index contributed by atoms with van der Waals surface area (Å²) in [5.74, 6) is -2.42. The van der Waals surface area contributed by atoms with E-state index in [-0.39, 0.29) is 80.6 Å². The third-order valence-electron chi connectivity index (χ3n) is 12.5. The van der Waals surface area contributed by atoms with Crippen LogP contribution in [0.4, 0.5) is 0 Å². The summed E-state index contributed by atoms with van der Waals surface area (Å²) in [6.07, 6.45) is 2.56. The Bertz CT molecular complexity index is 2610. The summed E-state index contributed by atoms with van der Waals surface area (Å²) in [5.41, 5.74) is 8.51. The molecule has 2 saturated heterocycles. The molecule has 6 aromatic rings. The van der Waals surface area contributed by atoms with Gasteiger partial charge in [-0.1, -0.05) is 86.5 Å². The first-order chi connectivity index (χ1) is 32.2. The standard InChI is InChI=1S/C49H56N8O8S2/c1-27(2)44(40-15-29(5)54-64-40)49(62)57-23-37(18-39(57)47(60)53-30(6)32-11-13-34(14-12-32)43-21-51-26-67-43)63-24-35-16-41(65-55-35)45(28(3)4)48(61)56-22-36(58)17-38(56)46(59)52-19-31-7-9-33(10-8-31)42-20-50-25-66-42/h7-16,20-21,25-28,30,36-39,44-45,58H,17-19,22-24H2,1-6H3,(H,52,59)(H,53,60)/t30-,36+,37+,38-,39-,44+,45+/m0/s1. The van der Waals surface area contributed by atoms with Crippen molar-refractivity contribution >= 4 is 46.3 Å². The lowest BCUT2D eigenvalue weighted by Gasteiger charge is -2.29. The molecule has 6 heterocycles. The van der Waals surface area contributed by atoms with Gasteiger partial charge in [0, 0.05) is 57.0 Å². The second-order valence-corrected chi connectivity index (χ2v) is 19.9. The molecule has 2 fully saturated rings. The summed E-state index contributed by atoms with van der Waals surface area (Å²) in [4.78, 5) is 70.0. The molecule has 4 aromatic heterocycles. The number of carbonyl (C=O) groups excluding carboxylic acids is 4. The fourth-order valence-corrected chi connectivity index (χ4v) is 10.2. The third kappa shape index (κ3) is 10.9. The van der Waals surface area contributed by atoms with E-state index in [1.54, 1.807) is 57.7 Å². The topological polar surface area (TPSA) is 206 Å². The molecule has 8 rings (SSSR count). The molecule has 7 atom stereocenters. The number of β-amino-alcohol motifs (C(OH)–C–C–N with tert-alkyl or cyclic N) is 1. The van der Waals surface area contributed by atoms with Crippen LogP contribution in [0.2, 0.25) is 0 Å². The van der Waals surface area contributed by atoms with Crippen molar-refractivity contribution < 1.29 is 38.1 Å². The predicted octanol–water partition coefficient (Wildman–Crippen LogP) is 7.04. The molecule has 4 amide bonds. The Morgan fingerprint density at radius 2 is 1.33 bits per heavy atom. The number of aliphatic hydroxyl groups is 1. The highest BCUT2D eigenvalue weighted by Crippen LogP contribution is 2.35. The van der Waals surface area contributed by atoms with Crippen molar-refractivity contribution in [1.82, 2.24) is 40.7 Å². The number of ether oxygens (including phenoxy) is 1. The minimum Gasteiger partial charge on any atom is -0.391 e. The van der Waals surface area contributed by atoms with Crippen molar-refractivity contribution in [3.63, 3.8) is 0 Å². The predicted molar refractivity (Wildman–Crippen MR) is 251 cm³/mol. The number of aryl methyl sites for hydroxylation is 1. The monoisotopic (exact) mass is 948 g/mol. The number of nitrogens with zero attached hydrogens (tertiary/aromatic N) is 6. The van der Waals surface area contributed by atoms with Crippen LogP contribution in [0.25, 0.3) is 20.9 Å². The fourth-order valence-electron chi connectivity index (χ4n) is 8.96. The lowest BCUT2D eigenvalue weighted by Crippen LogP contribution is -2.48. The number of nitrogens with one attached hydrogen (secondary N) is 2. The Morgan fingerprint density at radius 1 is 0.761 bits per heavy atom. The van der Waals surface area contributed by atoms with Crippen LogP contribution in [0.5, 0.6) is 0 Å². The zero-order valence-electron chi connectivity index (χ0n) is 38.3. The lowest BCUT2D eigenvalue weighted by molar-refractivity contribution is -0.141. The van der Waals surface area contributed by atoms with Crippen LogP contribution in [0.1, 0.15) is 99.4 Å². The maximum Gasteiger partial charge on any atom is 0.243 e. The molecule has 2 aromatic carbocycles. The number of hydrogen-bond acceptors (Lipinski definition) is 14. The molecule has 2 aliphatic heterocycles. The Labute approximate surface area is 397 Å². The van der Waals surface area contributed by atoms with Gasteiger partial charge >= 0.3 is 0 Å². The van der Waals surface area contributed by atoms with E-state index in [1.165, 1.54) is 4.90 Å². The van der Waals surface area contributed by atoms with Crippen molar-refractivity contribution in [1.29, 1.82) is 0 Å². The number of rotatable bonds is 17. The first-order valence-corrected chi connectivity index (χ1v) is 24.3. The number of hydrogen-bond donors (Lipinski definition) is 3. The highest BCUT2D eigenvalue weighted by molar-refractivity contribution is 7.13. The highest BCUT2D eigenvalue weighted by Gasteiger charge is 2.46. The van der Waals surface area contributed by atoms with Crippen LogP contribution in [0, 0.1) is 18.8 Å². The van der Waals surface area contributed by atoms with Crippen molar-refractivity contribution in [3.8, 4) is 20.9 Å². The third-order valence-corrected chi connectivity index (χ3v) is 14.2. The van der Waals surface area contributed by atoms with Crippen molar-refractivity contribution in [2.24, 2.45) is 11.8 Å². The van der Waals surface area contributed by atoms with Gasteiger partial charge in [-0.05, 0) is 47.9 Å². The maximum absolute atomic E-state index is 14.5. The molecular formula is C49H56N8O8S2. The number of likely N-dealkylation sites (tertiary alicyclic amines) is 2. The molecule has 352 valence electrons. The number of carbonyl (C=O) groups is 4. The number of thiazole rings is 2. The molecule has 0 radical (unpaired) electrons. The normalized spacial score (nSPS) is 19.8. The van der Waals surface area contributed by atoms with Gasteiger partial charge in [-0.3, -0.25) is 29.1 Å². The van der Waals surface area contributed by atoms with Crippen LogP contribution >= 0.6 is 22.7 Å². The van der Waals surface area contributed by atoms with E-state index in [9.17, 15) is 24.3 Å². The summed E-state index contributed by atoms with van der Waals surface area (Å²) in [6.45, 7) is 11.7. The zero-order valence-corrected chi connectivity index (χ0v) is 40.0. The van der Waals surface area contributed by atoms with Crippen molar-refractivity contribution in [3.05, 3.63) is 118 Å². The summed E-state index contributed by atoms with van der Waals surface area (Å²) < 4.78 is 17.8. The van der Waals surface area contributed by atoms with E-state index in [0.29, 0.717) is 22.9 Å². The number of benzene rings is 2. The van der Waals surface area contributed by atoms with Crippen LogP contribution in [0.3, 0.4) is 0 Å². The molecule has 16 nitrogen and oxygen atoms in total. The highest BCUT2D eigenvalue weighted by atomic mass is 32.1. The van der Waals surface area contributed by atoms with Crippen molar-refractivity contribution in [2.45, 2.75) is 110 Å². The molecule has 0 unspecified atom stereocenters. The molecule has 0 saturated carbocycles. The van der Waals surface area contributed by atoms with E-state index in [2.05, 4.69) is 30.9 Å². The van der Waals surface area contributed by atoms with Crippen LogP contribution in [0.15, 0.2) is 93.1 Å². The summed E-state index contributed by atoms with van der Waals surface area (Å²) in [5, 5.41) is 25.1. The smallest absolute Gasteiger partial charge is 0.243 e. The van der Waals surface area contributed by atoms with Gasteiger partial charge < -0.3 is 39.3 Å². The van der Waals surface area contributed by atoms with E-state index in [4.69, 9.17) is 13.8 Å². The Hall–Kier alpha value is -6.08. The van der Waals surface area contributed by atoms with Crippen LogP contribution in [-0.2, 0) is 37.1 Å². The van der Waals surface area contributed by atoms with E-state index in [1.807, 2.05) is 95.5 Å². The number of amides is 4. The maximum atomic E-state index is 14.5. The van der Waals surface area contributed by atoms with Gasteiger partial charge in [0.25, 0.3) is 0 Å². The molecule has 0 aliphatic carbocycles. The Kier molecular flexibility index (Phi) is 14.7. The second-order valence-electron chi connectivity index (χ2n) is 18.1. The average molecular weight is 949 g/mol. The zero-order chi connectivity index (χ0) is 47.4. The van der Waals surface area contributed by atoms with Gasteiger partial charge in [0.05, 0.1) is 51.3 Å². The van der Waals surface area contributed by atoms with Crippen LogP contribution < -0.4 is 10.6 Å². The molecule has 2 aliphatic rings. The quantitative estimate of drug-likeness (QED) is 0.0842. The molecule has 0 bridgehead atoms. The lowest BCUT2D eigenvalue weighted by atomic mass is 9.91. The Balaban J connectivity index is 0.926. The van der Waals surface area contributed by atoms with E-state index in [0.717, 1.165) is 32.0 Å². The van der Waals surface area contributed by atoms with Gasteiger partial charge in [-0.2, -0.15) is 0 Å². The minimum absolute atomic E-state index is 0.00566. The van der Waals surface area contributed by atoms with Gasteiger partial charge in [0.15, 0.2) is 0 Å². The van der Waals surface area contributed by atoms with Gasteiger partial charge in [0.1, 0.15) is 41.1 Å². The first-order valence-electron chi connectivity index (χ1n) is 22.6. The minimum atomic E-state index is -0.870. The van der Waals surface area contributed by atoms with E-state index >= 15 is 0 Å². The first kappa shape index (κ1) is 47.4. The van der Waals surface area contributed by atoms with Gasteiger partial charge in [-0.25, -0.2) is 0 Å².